The first-order chi connectivity index (χ1) is 10.7. The Morgan fingerprint density at radius 1 is 1.04 bits per heavy atom. The van der Waals surface area contributed by atoms with E-state index >= 15 is 0 Å². The van der Waals surface area contributed by atoms with E-state index in [0.29, 0.717) is 19.0 Å². The molecule has 0 amide bonds. The van der Waals surface area contributed by atoms with Crippen molar-refractivity contribution in [3.05, 3.63) is 65.5 Å². The second-order valence-corrected chi connectivity index (χ2v) is 4.76. The van der Waals surface area contributed by atoms with Crippen molar-refractivity contribution in [1.29, 1.82) is 0 Å². The third kappa shape index (κ3) is 6.43. The number of guanidine groups is 1. The maximum atomic E-state index is 12.9. The third-order valence-corrected chi connectivity index (χ3v) is 3.19. The summed E-state index contributed by atoms with van der Waals surface area (Å²) in [5, 5.41) is 6.42. The number of rotatable bonds is 5. The zero-order chi connectivity index (χ0) is 15.8. The van der Waals surface area contributed by atoms with Gasteiger partial charge < -0.3 is 15.4 Å². The van der Waals surface area contributed by atoms with E-state index in [9.17, 15) is 4.39 Å². The lowest BCUT2D eigenvalue weighted by Crippen LogP contribution is -2.36. The fourth-order valence-corrected chi connectivity index (χ4v) is 1.98. The molecule has 0 unspecified atom stereocenters. The average Bonchev–Trinajstić information content (AvgIpc) is 2.57. The highest BCUT2D eigenvalue weighted by Gasteiger charge is 2.00. The van der Waals surface area contributed by atoms with E-state index < -0.39 is 0 Å². The number of benzene rings is 2. The van der Waals surface area contributed by atoms with Gasteiger partial charge in [-0.1, -0.05) is 24.3 Å². The van der Waals surface area contributed by atoms with Gasteiger partial charge in [-0.25, -0.2) is 4.39 Å². The van der Waals surface area contributed by atoms with Gasteiger partial charge in [-0.15, -0.1) is 24.0 Å². The third-order valence-electron chi connectivity index (χ3n) is 3.19. The van der Waals surface area contributed by atoms with Crippen molar-refractivity contribution in [2.24, 2.45) is 4.99 Å². The molecular formula is C17H21FIN3O. The number of aliphatic imine (C=N–C) groups is 1. The predicted octanol–water partition coefficient (Wildman–Crippen LogP) is 3.32. The van der Waals surface area contributed by atoms with Crippen LogP contribution in [0, 0.1) is 5.82 Å². The van der Waals surface area contributed by atoms with Crippen LogP contribution in [0.5, 0.6) is 5.75 Å². The summed E-state index contributed by atoms with van der Waals surface area (Å²) in [6.45, 7) is 1.22. The highest BCUT2D eigenvalue weighted by Crippen LogP contribution is 2.12. The Kier molecular flexibility index (Phi) is 8.39. The van der Waals surface area contributed by atoms with E-state index in [1.54, 1.807) is 26.3 Å². The molecule has 124 valence electrons. The zero-order valence-electron chi connectivity index (χ0n) is 13.2. The van der Waals surface area contributed by atoms with E-state index in [2.05, 4.69) is 15.6 Å². The molecule has 6 heteroatoms. The van der Waals surface area contributed by atoms with Gasteiger partial charge in [-0.3, -0.25) is 4.99 Å². The number of methoxy groups -OCH3 is 1. The summed E-state index contributed by atoms with van der Waals surface area (Å²) < 4.78 is 18.1. The maximum absolute atomic E-state index is 12.9. The van der Waals surface area contributed by atoms with E-state index in [0.717, 1.165) is 16.9 Å². The zero-order valence-corrected chi connectivity index (χ0v) is 15.5. The molecule has 0 spiro atoms. The molecule has 2 aromatic rings. The van der Waals surface area contributed by atoms with Gasteiger partial charge in [0.2, 0.25) is 0 Å². The molecule has 2 N–H and O–H groups in total. The highest BCUT2D eigenvalue weighted by atomic mass is 127. The van der Waals surface area contributed by atoms with E-state index in [1.807, 2.05) is 24.3 Å². The van der Waals surface area contributed by atoms with Crippen LogP contribution in [0.1, 0.15) is 11.1 Å². The lowest BCUT2D eigenvalue weighted by atomic mass is 10.2. The Labute approximate surface area is 153 Å². The van der Waals surface area contributed by atoms with Gasteiger partial charge in [0.15, 0.2) is 5.96 Å². The first-order valence-electron chi connectivity index (χ1n) is 7.03. The number of hydrogen-bond donors (Lipinski definition) is 2. The van der Waals surface area contributed by atoms with Crippen molar-refractivity contribution in [3.63, 3.8) is 0 Å². The Hall–Kier alpha value is -1.83. The van der Waals surface area contributed by atoms with Gasteiger partial charge in [0, 0.05) is 20.1 Å². The lowest BCUT2D eigenvalue weighted by Gasteiger charge is -2.12. The Bertz CT molecular complexity index is 632. The normalized spacial score (nSPS) is 10.7. The second kappa shape index (κ2) is 10.0. The van der Waals surface area contributed by atoms with Crippen molar-refractivity contribution in [2.45, 2.75) is 13.1 Å². The monoisotopic (exact) mass is 429 g/mol. The van der Waals surface area contributed by atoms with Crippen LogP contribution in [-0.2, 0) is 13.1 Å². The molecule has 2 rings (SSSR count). The number of nitrogens with one attached hydrogen (secondary N) is 2. The van der Waals surface area contributed by atoms with E-state index in [-0.39, 0.29) is 29.8 Å². The largest absolute Gasteiger partial charge is 0.497 e. The van der Waals surface area contributed by atoms with Crippen LogP contribution < -0.4 is 15.4 Å². The predicted molar refractivity (Wildman–Crippen MR) is 102 cm³/mol. The molecule has 0 aromatic heterocycles. The number of hydrogen-bond acceptors (Lipinski definition) is 2. The molecule has 0 bridgehead atoms. The van der Waals surface area contributed by atoms with Crippen LogP contribution in [0.3, 0.4) is 0 Å². The van der Waals surface area contributed by atoms with Gasteiger partial charge in [-0.05, 0) is 35.4 Å². The van der Waals surface area contributed by atoms with Gasteiger partial charge >= 0.3 is 0 Å². The smallest absolute Gasteiger partial charge is 0.191 e. The van der Waals surface area contributed by atoms with Gasteiger partial charge in [-0.2, -0.15) is 0 Å². The van der Waals surface area contributed by atoms with Crippen molar-refractivity contribution in [2.75, 3.05) is 14.2 Å². The molecule has 0 saturated carbocycles. The average molecular weight is 429 g/mol. The number of nitrogens with zero attached hydrogens (tertiary/aromatic N) is 1. The number of halogens is 2. The number of ether oxygens (including phenoxy) is 1. The fourth-order valence-electron chi connectivity index (χ4n) is 1.98. The summed E-state index contributed by atoms with van der Waals surface area (Å²) in [6, 6.07) is 14.2. The Balaban J connectivity index is 0.00000264. The molecule has 0 aliphatic rings. The minimum absolute atomic E-state index is 0. The highest BCUT2D eigenvalue weighted by molar-refractivity contribution is 14.0. The molecular weight excluding hydrogens is 408 g/mol. The summed E-state index contributed by atoms with van der Waals surface area (Å²) in [4.78, 5) is 4.17. The molecule has 0 radical (unpaired) electrons. The molecule has 0 heterocycles. The van der Waals surface area contributed by atoms with Crippen LogP contribution in [-0.4, -0.2) is 20.1 Å². The summed E-state index contributed by atoms with van der Waals surface area (Å²) >= 11 is 0. The Morgan fingerprint density at radius 2 is 1.70 bits per heavy atom. The molecule has 4 nitrogen and oxygen atoms in total. The maximum Gasteiger partial charge on any atom is 0.191 e. The summed E-state index contributed by atoms with van der Waals surface area (Å²) in [5.41, 5.74) is 2.09. The van der Waals surface area contributed by atoms with Crippen LogP contribution in [0.25, 0.3) is 0 Å². The second-order valence-electron chi connectivity index (χ2n) is 4.76. The van der Waals surface area contributed by atoms with Crippen LogP contribution in [0.15, 0.2) is 53.5 Å². The minimum Gasteiger partial charge on any atom is -0.497 e. The first-order valence-corrected chi connectivity index (χ1v) is 7.03. The molecule has 0 saturated heterocycles. The van der Waals surface area contributed by atoms with Crippen LogP contribution >= 0.6 is 24.0 Å². The topological polar surface area (TPSA) is 45.7 Å². The lowest BCUT2D eigenvalue weighted by molar-refractivity contribution is 0.414. The van der Waals surface area contributed by atoms with Crippen molar-refractivity contribution >= 4 is 29.9 Å². The van der Waals surface area contributed by atoms with Gasteiger partial charge in [0.25, 0.3) is 0 Å². The van der Waals surface area contributed by atoms with Crippen LogP contribution in [0.2, 0.25) is 0 Å². The van der Waals surface area contributed by atoms with Crippen molar-refractivity contribution in [1.82, 2.24) is 10.6 Å². The van der Waals surface area contributed by atoms with Crippen molar-refractivity contribution in [3.8, 4) is 5.75 Å². The van der Waals surface area contributed by atoms with Gasteiger partial charge in [0.1, 0.15) is 11.6 Å². The summed E-state index contributed by atoms with van der Waals surface area (Å²) in [7, 11) is 3.36. The Morgan fingerprint density at radius 3 is 2.30 bits per heavy atom. The summed E-state index contributed by atoms with van der Waals surface area (Å²) in [6.07, 6.45) is 0. The van der Waals surface area contributed by atoms with Crippen LogP contribution in [0.4, 0.5) is 4.39 Å². The quantitative estimate of drug-likeness (QED) is 0.436. The van der Waals surface area contributed by atoms with Crippen molar-refractivity contribution < 1.29 is 9.13 Å². The first kappa shape index (κ1) is 19.2. The molecule has 2 aromatic carbocycles. The van der Waals surface area contributed by atoms with E-state index in [4.69, 9.17) is 4.74 Å². The molecule has 0 fully saturated rings. The standard InChI is InChI=1S/C17H20FN3O.HI/c1-19-17(20-11-13-6-8-15(18)9-7-13)21-12-14-4-3-5-16(10-14)22-2;/h3-10H,11-12H2,1-2H3,(H2,19,20,21);1H. The molecule has 0 aliphatic carbocycles. The van der Waals surface area contributed by atoms with Gasteiger partial charge in [0.05, 0.1) is 7.11 Å². The molecule has 23 heavy (non-hydrogen) atoms. The molecule has 0 aliphatic heterocycles. The summed E-state index contributed by atoms with van der Waals surface area (Å²) in [5.74, 6) is 1.28. The fraction of sp³-hybridized carbons (Fsp3) is 0.235. The molecule has 0 atom stereocenters. The minimum atomic E-state index is -0.232. The van der Waals surface area contributed by atoms with E-state index in [1.165, 1.54) is 12.1 Å². The SMILES string of the molecule is CN=C(NCc1ccc(F)cc1)NCc1cccc(OC)c1.I.